The highest BCUT2D eigenvalue weighted by molar-refractivity contribution is 5.59. The van der Waals surface area contributed by atoms with Crippen LogP contribution in [0.5, 0.6) is 11.5 Å². The van der Waals surface area contributed by atoms with Crippen LogP contribution in [0.2, 0.25) is 0 Å². The summed E-state index contributed by atoms with van der Waals surface area (Å²) in [4.78, 5) is 2.49. The minimum absolute atomic E-state index is 0.847. The van der Waals surface area contributed by atoms with E-state index in [-0.39, 0.29) is 0 Å². The molecule has 0 unspecified atom stereocenters. The van der Waals surface area contributed by atoms with Crippen LogP contribution >= 0.6 is 0 Å². The number of nitrogens with zero attached hydrogens (tertiary/aromatic N) is 1. The lowest BCUT2D eigenvalue weighted by Gasteiger charge is -2.17. The second-order valence-electron chi connectivity index (χ2n) is 4.54. The number of nitrogens with one attached hydrogen (secondary N) is 1. The molecule has 0 aliphatic carbocycles. The van der Waals surface area contributed by atoms with Crippen LogP contribution in [0, 0.1) is 0 Å². The van der Waals surface area contributed by atoms with E-state index in [1.807, 2.05) is 18.2 Å². The van der Waals surface area contributed by atoms with Crippen LogP contribution < -0.4 is 14.8 Å². The largest absolute Gasteiger partial charge is 0.497 e. The number of hydrogen-bond acceptors (Lipinski definition) is 4. The second-order valence-corrected chi connectivity index (χ2v) is 4.54. The van der Waals surface area contributed by atoms with Gasteiger partial charge in [-0.3, -0.25) is 0 Å². The molecular formula is C14H22N2O2. The van der Waals surface area contributed by atoms with E-state index in [2.05, 4.69) is 10.2 Å². The average molecular weight is 250 g/mol. The van der Waals surface area contributed by atoms with Gasteiger partial charge in [0.15, 0.2) is 0 Å². The fourth-order valence-corrected chi connectivity index (χ4v) is 2.31. The Morgan fingerprint density at radius 3 is 2.61 bits per heavy atom. The summed E-state index contributed by atoms with van der Waals surface area (Å²) in [6.45, 7) is 4.48. The highest BCUT2D eigenvalue weighted by atomic mass is 16.5. The van der Waals surface area contributed by atoms with Crippen molar-refractivity contribution < 1.29 is 9.47 Å². The first-order chi connectivity index (χ1) is 8.83. The summed E-state index contributed by atoms with van der Waals surface area (Å²) in [5, 5.41) is 3.42. The van der Waals surface area contributed by atoms with E-state index >= 15 is 0 Å². The molecule has 1 aliphatic rings. The minimum atomic E-state index is 0.847. The van der Waals surface area contributed by atoms with Crippen LogP contribution in [-0.2, 0) is 0 Å². The van der Waals surface area contributed by atoms with Gasteiger partial charge in [0.05, 0.1) is 19.9 Å². The fourth-order valence-electron chi connectivity index (χ4n) is 2.31. The van der Waals surface area contributed by atoms with Gasteiger partial charge < -0.3 is 19.7 Å². The third kappa shape index (κ3) is 3.29. The number of likely N-dealkylation sites (tertiary alicyclic amines) is 1. The summed E-state index contributed by atoms with van der Waals surface area (Å²) in [6, 6.07) is 5.81. The Morgan fingerprint density at radius 2 is 1.94 bits per heavy atom. The molecule has 2 rings (SSSR count). The maximum atomic E-state index is 5.34. The van der Waals surface area contributed by atoms with Gasteiger partial charge in [-0.2, -0.15) is 0 Å². The van der Waals surface area contributed by atoms with E-state index in [1.165, 1.54) is 25.9 Å². The molecule has 1 aromatic rings. The molecule has 0 bridgehead atoms. The van der Waals surface area contributed by atoms with Crippen molar-refractivity contribution in [1.29, 1.82) is 0 Å². The number of ether oxygens (including phenoxy) is 2. The van der Waals surface area contributed by atoms with E-state index in [0.717, 1.165) is 30.3 Å². The Bertz CT molecular complexity index is 376. The van der Waals surface area contributed by atoms with E-state index in [0.29, 0.717) is 0 Å². The van der Waals surface area contributed by atoms with Crippen LogP contribution in [-0.4, -0.2) is 45.3 Å². The Balaban J connectivity index is 1.89. The minimum Gasteiger partial charge on any atom is -0.497 e. The predicted octanol–water partition coefficient (Wildman–Crippen LogP) is 2.21. The van der Waals surface area contributed by atoms with Crippen molar-refractivity contribution in [2.75, 3.05) is 45.7 Å². The zero-order valence-electron chi connectivity index (χ0n) is 11.2. The molecule has 4 heteroatoms. The molecule has 1 heterocycles. The standard InChI is InChI=1S/C14H22N2O2/c1-17-12-5-6-14(18-2)13(11-12)15-7-10-16-8-3-4-9-16/h5-6,11,15H,3-4,7-10H2,1-2H3. The lowest BCUT2D eigenvalue weighted by atomic mass is 10.2. The summed E-state index contributed by atoms with van der Waals surface area (Å²) in [6.07, 6.45) is 2.67. The van der Waals surface area contributed by atoms with Crippen LogP contribution in [0.1, 0.15) is 12.8 Å². The first-order valence-corrected chi connectivity index (χ1v) is 6.52. The fraction of sp³-hybridized carbons (Fsp3) is 0.571. The van der Waals surface area contributed by atoms with E-state index in [9.17, 15) is 0 Å². The molecule has 0 amide bonds. The summed E-state index contributed by atoms with van der Waals surface area (Å²) >= 11 is 0. The molecule has 1 saturated heterocycles. The van der Waals surface area contributed by atoms with Gasteiger partial charge in [-0.25, -0.2) is 0 Å². The molecule has 1 aliphatic heterocycles. The van der Waals surface area contributed by atoms with E-state index in [1.54, 1.807) is 14.2 Å². The highest BCUT2D eigenvalue weighted by Gasteiger charge is 2.11. The molecule has 1 fully saturated rings. The molecule has 18 heavy (non-hydrogen) atoms. The normalized spacial score (nSPS) is 15.7. The highest BCUT2D eigenvalue weighted by Crippen LogP contribution is 2.28. The molecule has 0 aromatic heterocycles. The maximum Gasteiger partial charge on any atom is 0.142 e. The first kappa shape index (κ1) is 13.0. The predicted molar refractivity (Wildman–Crippen MR) is 73.7 cm³/mol. The molecule has 0 atom stereocenters. The second kappa shape index (κ2) is 6.50. The number of benzene rings is 1. The smallest absolute Gasteiger partial charge is 0.142 e. The van der Waals surface area contributed by atoms with Crippen molar-refractivity contribution >= 4 is 5.69 Å². The lowest BCUT2D eigenvalue weighted by Crippen LogP contribution is -2.26. The lowest BCUT2D eigenvalue weighted by molar-refractivity contribution is 0.352. The van der Waals surface area contributed by atoms with Crippen LogP contribution in [0.4, 0.5) is 5.69 Å². The zero-order chi connectivity index (χ0) is 12.8. The Labute approximate surface area is 109 Å². The van der Waals surface area contributed by atoms with Crippen molar-refractivity contribution in [3.05, 3.63) is 18.2 Å². The Hall–Kier alpha value is -1.42. The quantitative estimate of drug-likeness (QED) is 0.839. The van der Waals surface area contributed by atoms with Crippen molar-refractivity contribution in [1.82, 2.24) is 4.90 Å². The molecule has 1 aromatic carbocycles. The summed E-state index contributed by atoms with van der Waals surface area (Å²) in [5.41, 5.74) is 0.996. The van der Waals surface area contributed by atoms with Crippen LogP contribution in [0.15, 0.2) is 18.2 Å². The van der Waals surface area contributed by atoms with Gasteiger partial charge in [-0.1, -0.05) is 0 Å². The molecular weight excluding hydrogens is 228 g/mol. The molecule has 4 nitrogen and oxygen atoms in total. The van der Waals surface area contributed by atoms with Crippen molar-refractivity contribution in [2.45, 2.75) is 12.8 Å². The Morgan fingerprint density at radius 1 is 1.17 bits per heavy atom. The van der Waals surface area contributed by atoms with Gasteiger partial charge in [0.2, 0.25) is 0 Å². The van der Waals surface area contributed by atoms with Gasteiger partial charge in [0.25, 0.3) is 0 Å². The zero-order valence-corrected chi connectivity index (χ0v) is 11.2. The van der Waals surface area contributed by atoms with E-state index in [4.69, 9.17) is 9.47 Å². The van der Waals surface area contributed by atoms with Crippen LogP contribution in [0.3, 0.4) is 0 Å². The maximum absolute atomic E-state index is 5.34. The molecule has 0 spiro atoms. The number of methoxy groups -OCH3 is 2. The van der Waals surface area contributed by atoms with Crippen molar-refractivity contribution in [3.63, 3.8) is 0 Å². The summed E-state index contributed by atoms with van der Waals surface area (Å²) in [7, 11) is 3.36. The number of hydrogen-bond donors (Lipinski definition) is 1. The molecule has 0 saturated carbocycles. The Kier molecular flexibility index (Phi) is 4.70. The average Bonchev–Trinajstić information content (AvgIpc) is 2.92. The first-order valence-electron chi connectivity index (χ1n) is 6.52. The van der Waals surface area contributed by atoms with E-state index < -0.39 is 0 Å². The SMILES string of the molecule is COc1ccc(OC)c(NCCN2CCCC2)c1. The van der Waals surface area contributed by atoms with Crippen LogP contribution in [0.25, 0.3) is 0 Å². The third-order valence-electron chi connectivity index (χ3n) is 3.35. The van der Waals surface area contributed by atoms with Gasteiger partial charge in [-0.15, -0.1) is 0 Å². The van der Waals surface area contributed by atoms with Crippen molar-refractivity contribution in [3.8, 4) is 11.5 Å². The third-order valence-corrected chi connectivity index (χ3v) is 3.35. The van der Waals surface area contributed by atoms with Gasteiger partial charge >= 0.3 is 0 Å². The van der Waals surface area contributed by atoms with Gasteiger partial charge in [0, 0.05) is 19.2 Å². The molecule has 0 radical (unpaired) electrons. The van der Waals surface area contributed by atoms with Crippen molar-refractivity contribution in [2.24, 2.45) is 0 Å². The monoisotopic (exact) mass is 250 g/mol. The molecule has 1 N–H and O–H groups in total. The summed E-state index contributed by atoms with van der Waals surface area (Å²) < 4.78 is 10.6. The van der Waals surface area contributed by atoms with Gasteiger partial charge in [0.1, 0.15) is 11.5 Å². The van der Waals surface area contributed by atoms with Gasteiger partial charge in [-0.05, 0) is 38.1 Å². The number of anilines is 1. The molecule has 100 valence electrons. The topological polar surface area (TPSA) is 33.7 Å². The number of rotatable bonds is 6. The summed E-state index contributed by atoms with van der Waals surface area (Å²) in [5.74, 6) is 1.71.